The van der Waals surface area contributed by atoms with Crippen molar-refractivity contribution < 1.29 is 18.1 Å². The molecule has 0 saturated carbocycles. The maximum Gasteiger partial charge on any atom is 0.289 e. The van der Waals surface area contributed by atoms with Crippen molar-refractivity contribution in [1.29, 1.82) is 0 Å². The van der Waals surface area contributed by atoms with Crippen molar-refractivity contribution in [2.75, 3.05) is 4.72 Å². The lowest BCUT2D eigenvalue weighted by molar-refractivity contribution is -0.387. The molecule has 0 aliphatic heterocycles. The molecule has 2 aromatic rings. The van der Waals surface area contributed by atoms with E-state index < -0.39 is 25.5 Å². The van der Waals surface area contributed by atoms with E-state index in [1.54, 1.807) is 0 Å². The molecule has 0 saturated heterocycles. The van der Waals surface area contributed by atoms with Crippen LogP contribution in [0, 0.1) is 10.1 Å². The van der Waals surface area contributed by atoms with E-state index in [1.807, 2.05) is 0 Å². The highest BCUT2D eigenvalue weighted by Gasteiger charge is 2.25. The Morgan fingerprint density at radius 2 is 1.86 bits per heavy atom. The second-order valence-electron chi connectivity index (χ2n) is 4.18. The molecule has 2 rings (SSSR count). The van der Waals surface area contributed by atoms with Gasteiger partial charge in [-0.15, -0.1) is 0 Å². The van der Waals surface area contributed by atoms with E-state index in [1.165, 1.54) is 30.3 Å². The van der Waals surface area contributed by atoms with Gasteiger partial charge in [0.15, 0.2) is 11.2 Å². The zero-order valence-corrected chi connectivity index (χ0v) is 12.5. The maximum absolute atomic E-state index is 12.3. The van der Waals surface area contributed by atoms with Crippen LogP contribution in [-0.4, -0.2) is 19.6 Å². The summed E-state index contributed by atoms with van der Waals surface area (Å²) in [5.74, 6) is 0. The van der Waals surface area contributed by atoms with Crippen molar-refractivity contribution in [1.82, 2.24) is 0 Å². The summed E-state index contributed by atoms with van der Waals surface area (Å²) in [6.45, 7) is 0. The fourth-order valence-electron chi connectivity index (χ4n) is 1.75. The Balaban J connectivity index is 2.52. The van der Waals surface area contributed by atoms with Gasteiger partial charge in [-0.1, -0.05) is 23.7 Å². The second-order valence-corrected chi connectivity index (χ2v) is 6.27. The van der Waals surface area contributed by atoms with Crippen LogP contribution in [0.4, 0.5) is 11.4 Å². The number of nitro groups is 1. The second kappa shape index (κ2) is 6.12. The van der Waals surface area contributed by atoms with Gasteiger partial charge in [-0.25, -0.2) is 8.42 Å². The molecule has 0 atom stereocenters. The molecule has 22 heavy (non-hydrogen) atoms. The van der Waals surface area contributed by atoms with Crippen molar-refractivity contribution in [2.24, 2.45) is 0 Å². The molecular formula is C13H9ClN2O5S. The summed E-state index contributed by atoms with van der Waals surface area (Å²) in [5.41, 5.74) is -0.558. The van der Waals surface area contributed by atoms with E-state index in [4.69, 9.17) is 11.6 Å². The molecule has 0 amide bonds. The lowest BCUT2D eigenvalue weighted by Crippen LogP contribution is -2.15. The number of carbonyl (C=O) groups is 1. The molecule has 9 heteroatoms. The number of para-hydroxylation sites is 1. The number of nitro benzene ring substituents is 1. The molecule has 0 spiro atoms. The lowest BCUT2D eigenvalue weighted by Gasteiger charge is -2.10. The Morgan fingerprint density at radius 3 is 2.50 bits per heavy atom. The third-order valence-corrected chi connectivity index (χ3v) is 4.39. The Labute approximate surface area is 130 Å². The monoisotopic (exact) mass is 340 g/mol. The number of halogens is 1. The number of nitrogens with one attached hydrogen (secondary N) is 1. The van der Waals surface area contributed by atoms with Gasteiger partial charge < -0.3 is 0 Å². The van der Waals surface area contributed by atoms with Gasteiger partial charge in [-0.2, -0.15) is 0 Å². The minimum atomic E-state index is -4.25. The SMILES string of the molecule is O=Cc1ccc(Cl)cc1NS(=O)(=O)c1ccccc1[N+](=O)[O-]. The van der Waals surface area contributed by atoms with Crippen LogP contribution < -0.4 is 4.72 Å². The van der Waals surface area contributed by atoms with Crippen LogP contribution in [0.1, 0.15) is 10.4 Å². The number of sulfonamides is 1. The van der Waals surface area contributed by atoms with Crippen LogP contribution in [0.25, 0.3) is 0 Å². The zero-order valence-electron chi connectivity index (χ0n) is 10.9. The van der Waals surface area contributed by atoms with Gasteiger partial charge in [0, 0.05) is 16.7 Å². The molecule has 0 radical (unpaired) electrons. The molecule has 1 N–H and O–H groups in total. The summed E-state index contributed by atoms with van der Waals surface area (Å²) >= 11 is 5.77. The first-order valence-corrected chi connectivity index (χ1v) is 7.72. The van der Waals surface area contributed by atoms with Gasteiger partial charge in [0.2, 0.25) is 0 Å². The van der Waals surface area contributed by atoms with Gasteiger partial charge in [0.05, 0.1) is 10.6 Å². The fraction of sp³-hybridized carbons (Fsp3) is 0. The largest absolute Gasteiger partial charge is 0.298 e. The molecule has 0 aromatic heterocycles. The number of nitrogens with zero attached hydrogens (tertiary/aromatic N) is 1. The van der Waals surface area contributed by atoms with Crippen molar-refractivity contribution in [3.05, 3.63) is 63.2 Å². The van der Waals surface area contributed by atoms with Gasteiger partial charge in [-0.05, 0) is 24.3 Å². The van der Waals surface area contributed by atoms with Gasteiger partial charge >= 0.3 is 0 Å². The first kappa shape index (κ1) is 15.9. The first-order valence-electron chi connectivity index (χ1n) is 5.86. The minimum absolute atomic E-state index is 0.0550. The standard InChI is InChI=1S/C13H9ClN2O5S/c14-10-6-5-9(8-17)11(7-10)15-22(20,21)13-4-2-1-3-12(13)16(18)19/h1-8,15H. The molecule has 7 nitrogen and oxygen atoms in total. The number of hydrogen-bond donors (Lipinski definition) is 1. The molecule has 114 valence electrons. The normalized spacial score (nSPS) is 11.0. The minimum Gasteiger partial charge on any atom is -0.298 e. The van der Waals surface area contributed by atoms with E-state index in [-0.39, 0.29) is 16.3 Å². The van der Waals surface area contributed by atoms with E-state index in [0.29, 0.717) is 6.29 Å². The van der Waals surface area contributed by atoms with Crippen LogP contribution in [-0.2, 0) is 10.0 Å². The third-order valence-electron chi connectivity index (χ3n) is 2.74. The molecule has 0 heterocycles. The molecule has 0 fully saturated rings. The molecule has 0 aliphatic carbocycles. The lowest BCUT2D eigenvalue weighted by atomic mass is 10.2. The highest BCUT2D eigenvalue weighted by atomic mass is 35.5. The highest BCUT2D eigenvalue weighted by Crippen LogP contribution is 2.27. The number of anilines is 1. The topological polar surface area (TPSA) is 106 Å². The summed E-state index contributed by atoms with van der Waals surface area (Å²) in [7, 11) is -4.25. The number of carbonyl (C=O) groups excluding carboxylic acids is 1. The summed E-state index contributed by atoms with van der Waals surface area (Å²) < 4.78 is 26.8. The Morgan fingerprint density at radius 1 is 1.18 bits per heavy atom. The number of benzene rings is 2. The van der Waals surface area contributed by atoms with Crippen LogP contribution in [0.5, 0.6) is 0 Å². The van der Waals surface area contributed by atoms with Crippen molar-refractivity contribution >= 4 is 39.3 Å². The van der Waals surface area contributed by atoms with Crippen LogP contribution in [0.15, 0.2) is 47.4 Å². The highest BCUT2D eigenvalue weighted by molar-refractivity contribution is 7.92. The first-order chi connectivity index (χ1) is 10.3. The molecule has 0 aliphatic rings. The van der Waals surface area contributed by atoms with Crippen LogP contribution >= 0.6 is 11.6 Å². The smallest absolute Gasteiger partial charge is 0.289 e. The van der Waals surface area contributed by atoms with Gasteiger partial charge in [0.1, 0.15) is 0 Å². The van der Waals surface area contributed by atoms with E-state index >= 15 is 0 Å². The van der Waals surface area contributed by atoms with E-state index in [0.717, 1.165) is 12.1 Å². The quantitative estimate of drug-likeness (QED) is 0.511. The zero-order chi connectivity index (χ0) is 16.3. The predicted octanol–water partition coefficient (Wildman–Crippen LogP) is 2.86. The fourth-order valence-corrected chi connectivity index (χ4v) is 3.18. The van der Waals surface area contributed by atoms with Crippen molar-refractivity contribution in [2.45, 2.75) is 4.90 Å². The molecule has 0 unspecified atom stereocenters. The van der Waals surface area contributed by atoms with E-state index in [9.17, 15) is 23.3 Å². The van der Waals surface area contributed by atoms with Gasteiger partial charge in [0.25, 0.3) is 15.7 Å². The Hall–Kier alpha value is -2.45. The van der Waals surface area contributed by atoms with Crippen LogP contribution in [0.2, 0.25) is 5.02 Å². The molecular weight excluding hydrogens is 332 g/mol. The summed E-state index contributed by atoms with van der Waals surface area (Å²) in [6, 6.07) is 8.91. The summed E-state index contributed by atoms with van der Waals surface area (Å²) in [6.07, 6.45) is 0.452. The molecule has 0 bridgehead atoms. The van der Waals surface area contributed by atoms with Crippen molar-refractivity contribution in [3.8, 4) is 0 Å². The number of hydrogen-bond acceptors (Lipinski definition) is 5. The number of rotatable bonds is 5. The average molecular weight is 341 g/mol. The number of aldehydes is 1. The molecule has 2 aromatic carbocycles. The Bertz CT molecular complexity index is 851. The summed E-state index contributed by atoms with van der Waals surface area (Å²) in [5, 5.41) is 11.1. The summed E-state index contributed by atoms with van der Waals surface area (Å²) in [4.78, 5) is 20.6. The predicted molar refractivity (Wildman–Crippen MR) is 80.7 cm³/mol. The van der Waals surface area contributed by atoms with E-state index in [2.05, 4.69) is 4.72 Å². The van der Waals surface area contributed by atoms with Crippen LogP contribution in [0.3, 0.4) is 0 Å². The third kappa shape index (κ3) is 3.23. The van der Waals surface area contributed by atoms with Gasteiger partial charge in [-0.3, -0.25) is 19.6 Å². The van der Waals surface area contributed by atoms with Crippen molar-refractivity contribution in [3.63, 3.8) is 0 Å². The maximum atomic E-state index is 12.3. The average Bonchev–Trinajstić information content (AvgIpc) is 2.47. The Kier molecular flexibility index (Phi) is 4.43.